The van der Waals surface area contributed by atoms with Gasteiger partial charge in [0.2, 0.25) is 10.0 Å². The number of hydrogen-bond donors (Lipinski definition) is 1. The standard InChI is InChI=1S/C22H23ClN2O3S/c1-4-19(26)22-21(16-8-12-18(13-9-16)29(24,27)28)20(14(3)25(22)5-2)15-6-10-17(23)11-7-15/h6-13H,4-5H2,1-3H3,(H2,24,27,28). The molecule has 0 amide bonds. The third-order valence-corrected chi connectivity index (χ3v) is 6.21. The first-order valence-electron chi connectivity index (χ1n) is 9.34. The van der Waals surface area contributed by atoms with Crippen molar-refractivity contribution in [3.63, 3.8) is 0 Å². The van der Waals surface area contributed by atoms with Gasteiger partial charge in [-0.15, -0.1) is 0 Å². The molecule has 1 heterocycles. The van der Waals surface area contributed by atoms with Gasteiger partial charge in [-0.25, -0.2) is 13.6 Å². The highest BCUT2D eigenvalue weighted by atomic mass is 35.5. The third kappa shape index (κ3) is 4.01. The number of Topliss-reactive ketones (excluding diaryl/α,β-unsaturated/α-hetero) is 1. The lowest BCUT2D eigenvalue weighted by atomic mass is 9.94. The van der Waals surface area contributed by atoms with Crippen LogP contribution in [0.1, 0.15) is 36.5 Å². The topological polar surface area (TPSA) is 82.2 Å². The van der Waals surface area contributed by atoms with Gasteiger partial charge in [-0.05, 0) is 49.2 Å². The van der Waals surface area contributed by atoms with E-state index in [-0.39, 0.29) is 10.7 Å². The molecule has 1 aromatic heterocycles. The number of sulfonamides is 1. The van der Waals surface area contributed by atoms with Crippen LogP contribution in [0.15, 0.2) is 53.4 Å². The van der Waals surface area contributed by atoms with Crippen LogP contribution in [0.3, 0.4) is 0 Å². The number of carbonyl (C=O) groups is 1. The third-order valence-electron chi connectivity index (χ3n) is 5.03. The largest absolute Gasteiger partial charge is 0.342 e. The number of halogens is 1. The van der Waals surface area contributed by atoms with Gasteiger partial charge >= 0.3 is 0 Å². The second kappa shape index (κ2) is 8.14. The van der Waals surface area contributed by atoms with Crippen molar-refractivity contribution >= 4 is 27.4 Å². The van der Waals surface area contributed by atoms with E-state index in [9.17, 15) is 13.2 Å². The number of benzene rings is 2. The van der Waals surface area contributed by atoms with E-state index in [1.54, 1.807) is 12.1 Å². The maximum Gasteiger partial charge on any atom is 0.238 e. The summed E-state index contributed by atoms with van der Waals surface area (Å²) < 4.78 is 25.3. The molecule has 0 spiro atoms. The van der Waals surface area contributed by atoms with Gasteiger partial charge in [0.15, 0.2) is 5.78 Å². The summed E-state index contributed by atoms with van der Waals surface area (Å²) in [6.07, 6.45) is 0.367. The lowest BCUT2D eigenvalue weighted by Crippen LogP contribution is -2.12. The van der Waals surface area contributed by atoms with Gasteiger partial charge < -0.3 is 4.57 Å². The molecule has 0 aliphatic heterocycles. The number of hydrogen-bond acceptors (Lipinski definition) is 3. The maximum atomic E-state index is 12.9. The second-order valence-electron chi connectivity index (χ2n) is 6.78. The molecule has 0 aliphatic carbocycles. The highest BCUT2D eigenvalue weighted by molar-refractivity contribution is 7.89. The number of ketones is 1. The number of aromatic nitrogens is 1. The zero-order chi connectivity index (χ0) is 21.3. The van der Waals surface area contributed by atoms with Crippen LogP contribution < -0.4 is 5.14 Å². The molecule has 0 bridgehead atoms. The molecule has 0 unspecified atom stereocenters. The van der Waals surface area contributed by atoms with E-state index in [1.165, 1.54) is 12.1 Å². The van der Waals surface area contributed by atoms with Crippen molar-refractivity contribution in [2.75, 3.05) is 0 Å². The van der Waals surface area contributed by atoms with Gasteiger partial charge in [0.1, 0.15) is 0 Å². The Morgan fingerprint density at radius 3 is 1.97 bits per heavy atom. The quantitative estimate of drug-likeness (QED) is 0.556. The van der Waals surface area contributed by atoms with Gasteiger partial charge in [-0.2, -0.15) is 0 Å². The van der Waals surface area contributed by atoms with E-state index in [4.69, 9.17) is 16.7 Å². The monoisotopic (exact) mass is 430 g/mol. The Labute approximate surface area is 176 Å². The van der Waals surface area contributed by atoms with Crippen molar-refractivity contribution < 1.29 is 13.2 Å². The minimum atomic E-state index is -3.79. The fourth-order valence-electron chi connectivity index (χ4n) is 3.65. The molecule has 0 fully saturated rings. The Kier molecular flexibility index (Phi) is 5.98. The summed E-state index contributed by atoms with van der Waals surface area (Å²) in [4.78, 5) is 12.9. The lowest BCUT2D eigenvalue weighted by molar-refractivity contribution is 0.0979. The molecule has 0 atom stereocenters. The van der Waals surface area contributed by atoms with Crippen LogP contribution >= 0.6 is 11.6 Å². The van der Waals surface area contributed by atoms with Crippen LogP contribution in [0.4, 0.5) is 0 Å². The fraction of sp³-hybridized carbons (Fsp3) is 0.227. The summed E-state index contributed by atoms with van der Waals surface area (Å²) in [6, 6.07) is 13.8. The van der Waals surface area contributed by atoms with E-state index in [0.29, 0.717) is 23.7 Å². The van der Waals surface area contributed by atoms with E-state index in [2.05, 4.69) is 0 Å². The predicted octanol–water partition coefficient (Wildman–Crippen LogP) is 5.04. The van der Waals surface area contributed by atoms with Crippen LogP contribution in [-0.4, -0.2) is 18.8 Å². The predicted molar refractivity (Wildman–Crippen MR) is 117 cm³/mol. The maximum absolute atomic E-state index is 12.9. The minimum absolute atomic E-state index is 0.0284. The number of rotatable bonds is 6. The average Bonchev–Trinajstić information content (AvgIpc) is 2.99. The number of primary sulfonamides is 1. The summed E-state index contributed by atoms with van der Waals surface area (Å²) in [6.45, 7) is 6.46. The average molecular weight is 431 g/mol. The van der Waals surface area contributed by atoms with E-state index in [1.807, 2.05) is 49.6 Å². The first-order chi connectivity index (χ1) is 13.7. The van der Waals surface area contributed by atoms with Crippen molar-refractivity contribution in [2.45, 2.75) is 38.6 Å². The summed E-state index contributed by atoms with van der Waals surface area (Å²) >= 11 is 6.06. The smallest absolute Gasteiger partial charge is 0.238 e. The summed E-state index contributed by atoms with van der Waals surface area (Å²) in [5, 5.41) is 5.86. The number of carbonyl (C=O) groups excluding carboxylic acids is 1. The van der Waals surface area contributed by atoms with E-state index in [0.717, 1.165) is 27.9 Å². The Balaban J connectivity index is 2.36. The van der Waals surface area contributed by atoms with Gasteiger partial charge in [0.25, 0.3) is 0 Å². The normalized spacial score (nSPS) is 11.6. The van der Waals surface area contributed by atoms with Gasteiger partial charge in [-0.1, -0.05) is 42.8 Å². The van der Waals surface area contributed by atoms with Crippen molar-refractivity contribution in [1.82, 2.24) is 4.57 Å². The van der Waals surface area contributed by atoms with Crippen LogP contribution in [0.5, 0.6) is 0 Å². The minimum Gasteiger partial charge on any atom is -0.342 e. The van der Waals surface area contributed by atoms with Gasteiger partial charge in [-0.3, -0.25) is 4.79 Å². The van der Waals surface area contributed by atoms with Gasteiger partial charge in [0.05, 0.1) is 10.6 Å². The molecule has 0 saturated heterocycles. The highest BCUT2D eigenvalue weighted by Gasteiger charge is 2.26. The fourth-order valence-corrected chi connectivity index (χ4v) is 4.29. The van der Waals surface area contributed by atoms with E-state index < -0.39 is 10.0 Å². The molecule has 2 N–H and O–H groups in total. The number of nitrogens with two attached hydrogens (primary N) is 1. The zero-order valence-corrected chi connectivity index (χ0v) is 18.1. The molecule has 29 heavy (non-hydrogen) atoms. The summed E-state index contributed by atoms with van der Waals surface area (Å²) in [5.41, 5.74) is 5.02. The molecule has 0 radical (unpaired) electrons. The molecule has 3 aromatic rings. The molecule has 2 aromatic carbocycles. The van der Waals surface area contributed by atoms with Crippen LogP contribution in [-0.2, 0) is 16.6 Å². The van der Waals surface area contributed by atoms with Crippen molar-refractivity contribution in [1.29, 1.82) is 0 Å². The zero-order valence-electron chi connectivity index (χ0n) is 16.6. The molecule has 152 valence electrons. The Bertz CT molecular complexity index is 1160. The molecule has 0 aliphatic rings. The van der Waals surface area contributed by atoms with Crippen molar-refractivity contribution in [2.24, 2.45) is 5.14 Å². The Morgan fingerprint density at radius 2 is 1.48 bits per heavy atom. The lowest BCUT2D eigenvalue weighted by Gasteiger charge is -2.10. The summed E-state index contributed by atoms with van der Waals surface area (Å²) in [5.74, 6) is 0.0284. The molecule has 3 rings (SSSR count). The molecule has 5 nitrogen and oxygen atoms in total. The summed E-state index contributed by atoms with van der Waals surface area (Å²) in [7, 11) is -3.79. The van der Waals surface area contributed by atoms with Crippen LogP contribution in [0.2, 0.25) is 5.02 Å². The molecular weight excluding hydrogens is 408 g/mol. The van der Waals surface area contributed by atoms with Crippen LogP contribution in [0.25, 0.3) is 22.3 Å². The Hall–Kier alpha value is -2.41. The SMILES string of the molecule is CCC(=O)c1c(-c2ccc(S(N)(=O)=O)cc2)c(-c2ccc(Cl)cc2)c(C)n1CC. The molecule has 0 saturated carbocycles. The Morgan fingerprint density at radius 1 is 0.966 bits per heavy atom. The molecule has 7 heteroatoms. The van der Waals surface area contributed by atoms with Crippen molar-refractivity contribution in [3.8, 4) is 22.3 Å². The number of nitrogens with zero attached hydrogens (tertiary/aromatic N) is 1. The van der Waals surface area contributed by atoms with E-state index >= 15 is 0 Å². The first-order valence-corrected chi connectivity index (χ1v) is 11.3. The van der Waals surface area contributed by atoms with Crippen molar-refractivity contribution in [3.05, 3.63) is 64.9 Å². The highest BCUT2D eigenvalue weighted by Crippen LogP contribution is 2.41. The first kappa shape index (κ1) is 21.3. The second-order valence-corrected chi connectivity index (χ2v) is 8.78. The molecular formula is C22H23ClN2O3S. The van der Waals surface area contributed by atoms with Crippen LogP contribution in [0, 0.1) is 6.92 Å². The van der Waals surface area contributed by atoms with Gasteiger partial charge in [0, 0.05) is 34.8 Å².